The Morgan fingerprint density at radius 3 is 2.85 bits per heavy atom. The molecule has 1 aromatic heterocycles. The summed E-state index contributed by atoms with van der Waals surface area (Å²) in [5.41, 5.74) is 5.87. The molecule has 13 heavy (non-hydrogen) atoms. The first-order valence-electron chi connectivity index (χ1n) is 4.20. The quantitative estimate of drug-likeness (QED) is 0.877. The van der Waals surface area contributed by atoms with E-state index in [1.807, 2.05) is 5.38 Å². The molecule has 0 aliphatic rings. The second-order valence-electron chi connectivity index (χ2n) is 3.26. The van der Waals surface area contributed by atoms with Crippen molar-refractivity contribution in [1.29, 1.82) is 0 Å². The summed E-state index contributed by atoms with van der Waals surface area (Å²) < 4.78 is 0.873. The largest absolute Gasteiger partial charge is 0.360 e. The van der Waals surface area contributed by atoms with E-state index in [9.17, 15) is 0 Å². The number of halogens is 1. The molecule has 1 rings (SSSR count). The summed E-state index contributed by atoms with van der Waals surface area (Å²) in [5, 5.41) is 6.07. The van der Waals surface area contributed by atoms with Crippen LogP contribution in [0.15, 0.2) is 9.98 Å². The van der Waals surface area contributed by atoms with Crippen LogP contribution >= 0.6 is 27.3 Å². The number of nitrogens with two attached hydrogens (primary N) is 1. The van der Waals surface area contributed by atoms with E-state index in [4.69, 9.17) is 5.73 Å². The summed E-state index contributed by atoms with van der Waals surface area (Å²) >= 11 is 4.87. The molecule has 3 N–H and O–H groups in total. The molecule has 0 radical (unpaired) electrons. The topological polar surface area (TPSA) is 50.9 Å². The highest BCUT2D eigenvalue weighted by Crippen LogP contribution is 2.19. The molecular formula is C8H14BrN3S. The van der Waals surface area contributed by atoms with E-state index in [-0.39, 0.29) is 6.04 Å². The molecule has 0 bridgehead atoms. The molecular weight excluding hydrogens is 250 g/mol. The number of aromatic nitrogens is 1. The number of thiazole rings is 1. The average molecular weight is 264 g/mol. The highest BCUT2D eigenvalue weighted by atomic mass is 79.9. The van der Waals surface area contributed by atoms with Gasteiger partial charge in [-0.05, 0) is 21.8 Å². The molecule has 0 fully saturated rings. The van der Waals surface area contributed by atoms with Gasteiger partial charge in [-0.2, -0.15) is 0 Å². The zero-order chi connectivity index (χ0) is 9.84. The normalized spacial score (nSPS) is 13.3. The molecule has 74 valence electrons. The summed E-state index contributed by atoms with van der Waals surface area (Å²) in [6.07, 6.45) is 0. The first-order chi connectivity index (χ1) is 6.09. The van der Waals surface area contributed by atoms with Gasteiger partial charge in [0.05, 0.1) is 0 Å². The third-order valence-corrected chi connectivity index (χ3v) is 3.33. The minimum atomic E-state index is 0.183. The van der Waals surface area contributed by atoms with Crippen molar-refractivity contribution in [1.82, 2.24) is 4.98 Å². The second kappa shape index (κ2) is 4.93. The Morgan fingerprint density at radius 1 is 1.69 bits per heavy atom. The van der Waals surface area contributed by atoms with Crippen molar-refractivity contribution in [3.05, 3.63) is 9.98 Å². The van der Waals surface area contributed by atoms with Crippen LogP contribution in [-0.4, -0.2) is 17.6 Å². The van der Waals surface area contributed by atoms with Crippen molar-refractivity contribution >= 4 is 32.4 Å². The fourth-order valence-corrected chi connectivity index (χ4v) is 1.93. The smallest absolute Gasteiger partial charge is 0.183 e. The Kier molecular flexibility index (Phi) is 4.15. The Hall–Kier alpha value is -0.130. The van der Waals surface area contributed by atoms with Crippen LogP contribution in [0.25, 0.3) is 0 Å². The number of nitrogens with one attached hydrogen (secondary N) is 1. The van der Waals surface area contributed by atoms with E-state index in [2.05, 4.69) is 40.1 Å². The summed E-state index contributed by atoms with van der Waals surface area (Å²) in [6, 6.07) is 0.183. The van der Waals surface area contributed by atoms with Gasteiger partial charge in [-0.15, -0.1) is 11.3 Å². The van der Waals surface area contributed by atoms with Crippen molar-refractivity contribution in [3.63, 3.8) is 0 Å². The zero-order valence-corrected chi connectivity index (χ0v) is 10.2. The summed E-state index contributed by atoms with van der Waals surface area (Å²) in [4.78, 5) is 4.21. The Morgan fingerprint density at radius 2 is 2.38 bits per heavy atom. The fourth-order valence-electron chi connectivity index (χ4n) is 0.776. The number of nitrogens with zero attached hydrogens (tertiary/aromatic N) is 1. The van der Waals surface area contributed by atoms with Crippen LogP contribution in [-0.2, 0) is 0 Å². The van der Waals surface area contributed by atoms with E-state index in [1.165, 1.54) is 0 Å². The van der Waals surface area contributed by atoms with Gasteiger partial charge in [-0.25, -0.2) is 4.98 Å². The van der Waals surface area contributed by atoms with Gasteiger partial charge in [-0.1, -0.05) is 13.8 Å². The lowest BCUT2D eigenvalue weighted by atomic mass is 10.1. The molecule has 0 spiro atoms. The highest BCUT2D eigenvalue weighted by molar-refractivity contribution is 9.10. The summed E-state index contributed by atoms with van der Waals surface area (Å²) in [5.74, 6) is 0.496. The van der Waals surface area contributed by atoms with E-state index in [0.29, 0.717) is 5.92 Å². The van der Waals surface area contributed by atoms with Gasteiger partial charge < -0.3 is 11.1 Å². The maximum atomic E-state index is 5.87. The molecule has 3 nitrogen and oxygen atoms in total. The average Bonchev–Trinajstić information content (AvgIpc) is 2.47. The molecule has 0 aliphatic carbocycles. The van der Waals surface area contributed by atoms with Gasteiger partial charge in [0.15, 0.2) is 5.13 Å². The standard InChI is InChI=1S/C8H14BrN3S/c1-5(2)6(10)3-11-8-12-7(9)4-13-8/h4-6H,3,10H2,1-2H3,(H,11,12). The van der Waals surface area contributed by atoms with Crippen LogP contribution in [0.4, 0.5) is 5.13 Å². The van der Waals surface area contributed by atoms with Gasteiger partial charge in [0.1, 0.15) is 4.60 Å². The predicted molar refractivity (Wildman–Crippen MR) is 61.1 cm³/mol. The first-order valence-corrected chi connectivity index (χ1v) is 5.87. The maximum Gasteiger partial charge on any atom is 0.183 e. The SMILES string of the molecule is CC(C)C(N)CNc1nc(Br)cs1. The third-order valence-electron chi connectivity index (χ3n) is 1.82. The van der Waals surface area contributed by atoms with Gasteiger partial charge in [0, 0.05) is 18.0 Å². The van der Waals surface area contributed by atoms with Crippen LogP contribution in [0.3, 0.4) is 0 Å². The molecule has 0 aliphatic heterocycles. The molecule has 1 heterocycles. The van der Waals surface area contributed by atoms with Crippen LogP contribution in [0.5, 0.6) is 0 Å². The third kappa shape index (κ3) is 3.62. The monoisotopic (exact) mass is 263 g/mol. The maximum absolute atomic E-state index is 5.87. The van der Waals surface area contributed by atoms with Gasteiger partial charge in [-0.3, -0.25) is 0 Å². The lowest BCUT2D eigenvalue weighted by molar-refractivity contribution is 0.511. The Balaban J connectivity index is 2.35. The van der Waals surface area contributed by atoms with E-state index < -0.39 is 0 Å². The van der Waals surface area contributed by atoms with Crippen molar-refractivity contribution in [2.24, 2.45) is 11.7 Å². The van der Waals surface area contributed by atoms with Gasteiger partial charge >= 0.3 is 0 Å². The molecule has 1 atom stereocenters. The zero-order valence-electron chi connectivity index (χ0n) is 7.75. The van der Waals surface area contributed by atoms with E-state index in [0.717, 1.165) is 16.3 Å². The number of hydrogen-bond acceptors (Lipinski definition) is 4. The first kappa shape index (κ1) is 10.9. The van der Waals surface area contributed by atoms with Crippen LogP contribution < -0.4 is 11.1 Å². The molecule has 1 aromatic rings. The Labute approximate surface area is 90.9 Å². The van der Waals surface area contributed by atoms with Crippen molar-refractivity contribution in [3.8, 4) is 0 Å². The van der Waals surface area contributed by atoms with Crippen molar-refractivity contribution in [2.45, 2.75) is 19.9 Å². The van der Waals surface area contributed by atoms with Gasteiger partial charge in [0.2, 0.25) is 0 Å². The van der Waals surface area contributed by atoms with Crippen molar-refractivity contribution < 1.29 is 0 Å². The molecule has 0 aromatic carbocycles. The number of anilines is 1. The molecule has 5 heteroatoms. The van der Waals surface area contributed by atoms with Crippen LogP contribution in [0, 0.1) is 5.92 Å². The molecule has 0 saturated heterocycles. The lowest BCUT2D eigenvalue weighted by Gasteiger charge is -2.15. The van der Waals surface area contributed by atoms with Crippen LogP contribution in [0.2, 0.25) is 0 Å². The minimum Gasteiger partial charge on any atom is -0.360 e. The highest BCUT2D eigenvalue weighted by Gasteiger charge is 2.07. The number of hydrogen-bond donors (Lipinski definition) is 2. The second-order valence-corrected chi connectivity index (χ2v) is 4.93. The minimum absolute atomic E-state index is 0.183. The molecule has 0 amide bonds. The predicted octanol–water partition coefficient (Wildman–Crippen LogP) is 2.30. The van der Waals surface area contributed by atoms with E-state index in [1.54, 1.807) is 11.3 Å². The van der Waals surface area contributed by atoms with Crippen LogP contribution in [0.1, 0.15) is 13.8 Å². The summed E-state index contributed by atoms with van der Waals surface area (Å²) in [7, 11) is 0. The van der Waals surface area contributed by atoms with E-state index >= 15 is 0 Å². The molecule has 1 unspecified atom stereocenters. The van der Waals surface area contributed by atoms with Gasteiger partial charge in [0.25, 0.3) is 0 Å². The van der Waals surface area contributed by atoms with Crippen molar-refractivity contribution in [2.75, 3.05) is 11.9 Å². The lowest BCUT2D eigenvalue weighted by Crippen LogP contribution is -2.33. The number of rotatable bonds is 4. The Bertz CT molecular complexity index is 262. The fraction of sp³-hybridized carbons (Fsp3) is 0.625. The molecule has 0 saturated carbocycles. The summed E-state index contributed by atoms with van der Waals surface area (Å²) in [6.45, 7) is 5.01.